The summed E-state index contributed by atoms with van der Waals surface area (Å²) in [7, 11) is 0. The van der Waals surface area contributed by atoms with Crippen molar-refractivity contribution in [2.75, 3.05) is 26.2 Å². The number of nitrogens with one attached hydrogen (secondary N) is 1. The molecule has 3 heterocycles. The lowest BCUT2D eigenvalue weighted by Gasteiger charge is -2.21. The van der Waals surface area contributed by atoms with Crippen molar-refractivity contribution < 1.29 is 4.79 Å². The van der Waals surface area contributed by atoms with Crippen molar-refractivity contribution in [3.63, 3.8) is 0 Å². The topological polar surface area (TPSA) is 70.1 Å². The van der Waals surface area contributed by atoms with Gasteiger partial charge >= 0.3 is 0 Å². The largest absolute Gasteiger partial charge is 0.348 e. The highest BCUT2D eigenvalue weighted by Crippen LogP contribution is 2.14. The molecule has 0 unspecified atom stereocenters. The van der Waals surface area contributed by atoms with Crippen LogP contribution in [0.2, 0.25) is 0 Å². The van der Waals surface area contributed by atoms with Crippen LogP contribution in [0.3, 0.4) is 0 Å². The Hall–Kier alpha value is -2.93. The summed E-state index contributed by atoms with van der Waals surface area (Å²) >= 11 is 0. The standard InChI is InChI=1S/C19H22N6O/c26-19(16-2-4-17(5-3-16)25-11-8-20-15-25)24-10-1-9-23(12-13-24)14-18-21-6-7-22-18/h2-8,11,15H,1,9-10,12-14H2,(H,21,22). The molecule has 0 radical (unpaired) electrons. The van der Waals surface area contributed by atoms with Gasteiger partial charge in [0.25, 0.3) is 5.91 Å². The van der Waals surface area contributed by atoms with Crippen molar-refractivity contribution >= 4 is 5.91 Å². The van der Waals surface area contributed by atoms with E-state index < -0.39 is 0 Å². The number of hydrogen-bond donors (Lipinski definition) is 1. The molecule has 4 rings (SSSR count). The van der Waals surface area contributed by atoms with Gasteiger partial charge in [0, 0.05) is 62.2 Å². The van der Waals surface area contributed by atoms with Gasteiger partial charge in [-0.1, -0.05) is 0 Å². The smallest absolute Gasteiger partial charge is 0.253 e. The molecule has 0 bridgehead atoms. The van der Waals surface area contributed by atoms with Crippen LogP contribution >= 0.6 is 0 Å². The fourth-order valence-electron chi connectivity index (χ4n) is 3.30. The molecule has 1 fully saturated rings. The van der Waals surface area contributed by atoms with Crippen LogP contribution in [0.1, 0.15) is 22.6 Å². The van der Waals surface area contributed by atoms with E-state index in [0.717, 1.165) is 56.2 Å². The monoisotopic (exact) mass is 350 g/mol. The fourth-order valence-corrected chi connectivity index (χ4v) is 3.30. The van der Waals surface area contributed by atoms with E-state index in [1.54, 1.807) is 18.7 Å². The van der Waals surface area contributed by atoms with Crippen molar-refractivity contribution in [3.8, 4) is 5.69 Å². The van der Waals surface area contributed by atoms with E-state index >= 15 is 0 Å². The number of imidazole rings is 2. The molecular weight excluding hydrogens is 328 g/mol. The third-order valence-electron chi connectivity index (χ3n) is 4.72. The zero-order chi connectivity index (χ0) is 17.8. The normalized spacial score (nSPS) is 15.8. The Kier molecular flexibility index (Phi) is 4.79. The molecule has 7 nitrogen and oxygen atoms in total. The molecule has 134 valence electrons. The molecule has 0 atom stereocenters. The molecule has 1 aromatic carbocycles. The molecule has 1 amide bonds. The van der Waals surface area contributed by atoms with Crippen LogP contribution in [-0.2, 0) is 6.54 Å². The predicted molar refractivity (Wildman–Crippen MR) is 97.9 cm³/mol. The zero-order valence-electron chi connectivity index (χ0n) is 14.6. The number of carbonyl (C=O) groups is 1. The van der Waals surface area contributed by atoms with Crippen molar-refractivity contribution in [1.29, 1.82) is 0 Å². The summed E-state index contributed by atoms with van der Waals surface area (Å²) in [4.78, 5) is 28.6. The van der Waals surface area contributed by atoms with Gasteiger partial charge in [-0.2, -0.15) is 0 Å². The van der Waals surface area contributed by atoms with Gasteiger partial charge in [-0.25, -0.2) is 9.97 Å². The maximum atomic E-state index is 12.8. The number of aromatic nitrogens is 4. The molecule has 0 saturated carbocycles. The van der Waals surface area contributed by atoms with Crippen molar-refractivity contribution in [2.24, 2.45) is 0 Å². The highest BCUT2D eigenvalue weighted by atomic mass is 16.2. The summed E-state index contributed by atoms with van der Waals surface area (Å²) < 4.78 is 1.92. The van der Waals surface area contributed by atoms with E-state index in [9.17, 15) is 4.79 Å². The van der Waals surface area contributed by atoms with Gasteiger partial charge in [-0.05, 0) is 30.7 Å². The zero-order valence-corrected chi connectivity index (χ0v) is 14.6. The molecule has 26 heavy (non-hydrogen) atoms. The van der Waals surface area contributed by atoms with Crippen molar-refractivity contribution in [1.82, 2.24) is 29.3 Å². The van der Waals surface area contributed by atoms with E-state index in [2.05, 4.69) is 19.9 Å². The average Bonchev–Trinajstić information content (AvgIpc) is 3.33. The van der Waals surface area contributed by atoms with Crippen LogP contribution in [0, 0.1) is 0 Å². The number of rotatable bonds is 4. The Bertz CT molecular complexity index is 826. The first-order valence-corrected chi connectivity index (χ1v) is 8.88. The van der Waals surface area contributed by atoms with E-state index in [4.69, 9.17) is 0 Å². The number of H-pyrrole nitrogens is 1. The first-order valence-electron chi connectivity index (χ1n) is 8.88. The molecule has 1 N–H and O–H groups in total. The summed E-state index contributed by atoms with van der Waals surface area (Å²) in [5, 5.41) is 0. The Morgan fingerprint density at radius 1 is 1.08 bits per heavy atom. The van der Waals surface area contributed by atoms with E-state index in [1.807, 2.05) is 46.1 Å². The van der Waals surface area contributed by atoms with Crippen LogP contribution in [-0.4, -0.2) is 61.4 Å². The summed E-state index contributed by atoms with van der Waals surface area (Å²) in [6.07, 6.45) is 9.97. The molecule has 2 aromatic heterocycles. The first kappa shape index (κ1) is 16.5. The molecule has 0 spiro atoms. The molecule has 1 saturated heterocycles. The van der Waals surface area contributed by atoms with Crippen molar-refractivity contribution in [3.05, 3.63) is 66.8 Å². The molecule has 7 heteroatoms. The number of amides is 1. The third-order valence-corrected chi connectivity index (χ3v) is 4.72. The second kappa shape index (κ2) is 7.53. The Morgan fingerprint density at radius 2 is 1.96 bits per heavy atom. The minimum atomic E-state index is 0.0991. The summed E-state index contributed by atoms with van der Waals surface area (Å²) in [5.74, 6) is 1.07. The quantitative estimate of drug-likeness (QED) is 0.781. The van der Waals surface area contributed by atoms with Gasteiger partial charge in [0.1, 0.15) is 5.82 Å². The number of benzene rings is 1. The minimum absolute atomic E-state index is 0.0991. The third kappa shape index (κ3) is 3.67. The lowest BCUT2D eigenvalue weighted by Crippen LogP contribution is -2.35. The maximum absolute atomic E-state index is 12.8. The summed E-state index contributed by atoms with van der Waals surface area (Å²) in [5.41, 5.74) is 1.73. The highest BCUT2D eigenvalue weighted by molar-refractivity contribution is 5.94. The van der Waals surface area contributed by atoms with Crippen LogP contribution in [0.5, 0.6) is 0 Å². The van der Waals surface area contributed by atoms with E-state index in [-0.39, 0.29) is 5.91 Å². The molecule has 1 aliphatic rings. The van der Waals surface area contributed by atoms with E-state index in [1.165, 1.54) is 0 Å². The fraction of sp³-hybridized carbons (Fsp3) is 0.316. The highest BCUT2D eigenvalue weighted by Gasteiger charge is 2.20. The van der Waals surface area contributed by atoms with Crippen LogP contribution in [0.15, 0.2) is 55.4 Å². The Morgan fingerprint density at radius 3 is 2.69 bits per heavy atom. The van der Waals surface area contributed by atoms with Crippen LogP contribution in [0.4, 0.5) is 0 Å². The minimum Gasteiger partial charge on any atom is -0.348 e. The molecular formula is C19H22N6O. The lowest BCUT2D eigenvalue weighted by atomic mass is 10.1. The van der Waals surface area contributed by atoms with Gasteiger partial charge in [-0.15, -0.1) is 0 Å². The number of aromatic amines is 1. The van der Waals surface area contributed by atoms with Gasteiger partial charge < -0.3 is 14.5 Å². The van der Waals surface area contributed by atoms with Gasteiger partial charge in [0.2, 0.25) is 0 Å². The number of hydrogen-bond acceptors (Lipinski definition) is 4. The van der Waals surface area contributed by atoms with Crippen LogP contribution in [0.25, 0.3) is 5.69 Å². The second-order valence-electron chi connectivity index (χ2n) is 6.47. The lowest BCUT2D eigenvalue weighted by molar-refractivity contribution is 0.0761. The SMILES string of the molecule is O=C(c1ccc(-n2ccnc2)cc1)N1CCCN(Cc2ncc[nH]2)CC1. The first-order chi connectivity index (χ1) is 12.8. The molecule has 0 aliphatic carbocycles. The van der Waals surface area contributed by atoms with Gasteiger partial charge in [-0.3, -0.25) is 9.69 Å². The van der Waals surface area contributed by atoms with Crippen molar-refractivity contribution in [2.45, 2.75) is 13.0 Å². The van der Waals surface area contributed by atoms with Gasteiger partial charge in [0.15, 0.2) is 0 Å². The molecule has 1 aliphatic heterocycles. The Balaban J connectivity index is 1.38. The second-order valence-corrected chi connectivity index (χ2v) is 6.47. The number of nitrogens with zero attached hydrogens (tertiary/aromatic N) is 5. The molecule has 3 aromatic rings. The predicted octanol–water partition coefficient (Wildman–Crippen LogP) is 1.94. The van der Waals surface area contributed by atoms with Crippen LogP contribution < -0.4 is 0 Å². The Labute approximate surface area is 152 Å². The average molecular weight is 350 g/mol. The van der Waals surface area contributed by atoms with E-state index in [0.29, 0.717) is 0 Å². The maximum Gasteiger partial charge on any atom is 0.253 e. The van der Waals surface area contributed by atoms with Gasteiger partial charge in [0.05, 0.1) is 12.9 Å². The summed E-state index contributed by atoms with van der Waals surface area (Å²) in [6, 6.07) is 7.69. The summed E-state index contributed by atoms with van der Waals surface area (Å²) in [6.45, 7) is 4.16. The number of carbonyl (C=O) groups excluding carboxylic acids is 1.